The van der Waals surface area contributed by atoms with Crippen LogP contribution in [0.25, 0.3) is 0 Å². The topological polar surface area (TPSA) is 75.4 Å². The smallest absolute Gasteiger partial charge is 0.252 e. The predicted molar refractivity (Wildman–Crippen MR) is 63.3 cm³/mol. The Kier molecular flexibility index (Phi) is 3.13. The average Bonchev–Trinajstić information content (AvgIpc) is 2.83. The van der Waals surface area contributed by atoms with Crippen LogP contribution in [0, 0.1) is 0 Å². The second-order valence-electron chi connectivity index (χ2n) is 3.79. The normalized spacial score (nSPS) is 20.9. The highest BCUT2D eigenvalue weighted by molar-refractivity contribution is 7.93. The van der Waals surface area contributed by atoms with E-state index in [1.807, 2.05) is 6.07 Å². The van der Waals surface area contributed by atoms with Crippen LogP contribution in [0.15, 0.2) is 30.3 Å². The average molecular weight is 241 g/mol. The Morgan fingerprint density at radius 1 is 1.31 bits per heavy atom. The minimum atomic E-state index is -3.44. The number of para-hydroxylation sites is 1. The van der Waals surface area contributed by atoms with Gasteiger partial charge in [-0.15, -0.1) is 0 Å². The summed E-state index contributed by atoms with van der Waals surface area (Å²) in [4.78, 5) is 0. The van der Waals surface area contributed by atoms with E-state index in [1.54, 1.807) is 24.3 Å². The van der Waals surface area contributed by atoms with E-state index < -0.39 is 15.3 Å². The molecule has 0 aromatic heterocycles. The largest absolute Gasteiger partial charge is 0.315 e. The molecule has 0 aliphatic carbocycles. The summed E-state index contributed by atoms with van der Waals surface area (Å²) in [6.07, 6.45) is 0.614. The number of sulfonamides is 1. The zero-order valence-electron chi connectivity index (χ0n) is 8.83. The third kappa shape index (κ3) is 2.04. The monoisotopic (exact) mass is 241 g/mol. The van der Waals surface area contributed by atoms with Gasteiger partial charge >= 0.3 is 0 Å². The maximum Gasteiger partial charge on any atom is 0.252 e. The minimum Gasteiger partial charge on any atom is -0.315 e. The zero-order valence-corrected chi connectivity index (χ0v) is 9.65. The quantitative estimate of drug-likeness (QED) is 0.579. The molecule has 1 heterocycles. The molecule has 0 radical (unpaired) electrons. The maximum atomic E-state index is 12.1. The fraction of sp³-hybridized carbons (Fsp3) is 0.400. The third-order valence-corrected chi connectivity index (χ3v) is 4.73. The number of hydrogen-bond donors (Lipinski definition) is 2. The fourth-order valence-corrected chi connectivity index (χ4v) is 3.25. The first-order valence-electron chi connectivity index (χ1n) is 5.17. The van der Waals surface area contributed by atoms with Gasteiger partial charge in [-0.2, -0.15) is 0 Å². The van der Waals surface area contributed by atoms with E-state index >= 15 is 0 Å². The fourth-order valence-electron chi connectivity index (χ4n) is 1.76. The maximum absolute atomic E-state index is 12.1. The standard InChI is InChI=1S/C10H15N3O2S/c11-13(9-4-2-1-3-5-9)16(14,15)10-6-7-12-8-10/h1-5,10,12H,6-8,11H2. The molecule has 1 saturated heterocycles. The van der Waals surface area contributed by atoms with Crippen LogP contribution in [0.4, 0.5) is 5.69 Å². The molecular formula is C10H15N3O2S. The summed E-state index contributed by atoms with van der Waals surface area (Å²) in [7, 11) is -3.44. The van der Waals surface area contributed by atoms with Crippen LogP contribution in [0.2, 0.25) is 0 Å². The first-order valence-corrected chi connectivity index (χ1v) is 6.67. The summed E-state index contributed by atoms with van der Waals surface area (Å²) < 4.78 is 25.1. The molecule has 1 unspecified atom stereocenters. The molecule has 1 aliphatic heterocycles. The highest BCUT2D eigenvalue weighted by Gasteiger charge is 2.32. The summed E-state index contributed by atoms with van der Waals surface area (Å²) in [6, 6.07) is 8.70. The van der Waals surface area contributed by atoms with Crippen molar-refractivity contribution in [3.63, 3.8) is 0 Å². The molecule has 1 aliphatic rings. The summed E-state index contributed by atoms with van der Waals surface area (Å²) in [6.45, 7) is 1.20. The van der Waals surface area contributed by atoms with Gasteiger partial charge in [-0.3, -0.25) is 0 Å². The molecule has 0 amide bonds. The molecule has 1 atom stereocenters. The second-order valence-corrected chi connectivity index (χ2v) is 5.88. The number of benzene rings is 1. The van der Waals surface area contributed by atoms with Crippen molar-refractivity contribution in [1.29, 1.82) is 0 Å². The molecule has 6 heteroatoms. The van der Waals surface area contributed by atoms with E-state index in [-0.39, 0.29) is 0 Å². The van der Waals surface area contributed by atoms with Gasteiger partial charge in [0, 0.05) is 6.54 Å². The molecular weight excluding hydrogens is 226 g/mol. The highest BCUT2D eigenvalue weighted by Crippen LogP contribution is 2.19. The minimum absolute atomic E-state index is 0.419. The van der Waals surface area contributed by atoms with Gasteiger partial charge in [-0.05, 0) is 25.1 Å². The molecule has 1 aromatic rings. The number of nitrogens with two attached hydrogens (primary N) is 1. The lowest BCUT2D eigenvalue weighted by atomic mass is 10.3. The lowest BCUT2D eigenvalue weighted by molar-refractivity contribution is 0.578. The first kappa shape index (κ1) is 11.4. The van der Waals surface area contributed by atoms with Crippen LogP contribution in [-0.2, 0) is 10.0 Å². The van der Waals surface area contributed by atoms with E-state index in [2.05, 4.69) is 5.32 Å². The van der Waals surface area contributed by atoms with E-state index in [4.69, 9.17) is 5.84 Å². The van der Waals surface area contributed by atoms with Gasteiger partial charge in [-0.25, -0.2) is 18.7 Å². The number of hydrogen-bond acceptors (Lipinski definition) is 4. The van der Waals surface area contributed by atoms with Crippen LogP contribution in [-0.4, -0.2) is 26.8 Å². The van der Waals surface area contributed by atoms with Crippen molar-refractivity contribution in [2.45, 2.75) is 11.7 Å². The molecule has 0 spiro atoms. The number of anilines is 1. The molecule has 2 rings (SSSR count). The second kappa shape index (κ2) is 4.40. The van der Waals surface area contributed by atoms with Crippen molar-refractivity contribution >= 4 is 15.7 Å². The SMILES string of the molecule is NN(c1ccccc1)S(=O)(=O)C1CCNC1. The summed E-state index contributed by atoms with van der Waals surface area (Å²) in [5.74, 6) is 5.67. The van der Waals surface area contributed by atoms with Crippen molar-refractivity contribution in [3.05, 3.63) is 30.3 Å². The molecule has 1 aromatic carbocycles. The van der Waals surface area contributed by atoms with Crippen molar-refractivity contribution in [3.8, 4) is 0 Å². The number of rotatable bonds is 3. The van der Waals surface area contributed by atoms with Crippen molar-refractivity contribution in [1.82, 2.24) is 5.32 Å². The van der Waals surface area contributed by atoms with Gasteiger partial charge < -0.3 is 5.32 Å². The molecule has 88 valence electrons. The number of hydrazine groups is 1. The molecule has 1 fully saturated rings. The Labute approximate surface area is 95.3 Å². The lowest BCUT2D eigenvalue weighted by Gasteiger charge is -2.22. The van der Waals surface area contributed by atoms with E-state index in [0.717, 1.165) is 11.0 Å². The van der Waals surface area contributed by atoms with Crippen LogP contribution < -0.4 is 15.6 Å². The molecule has 0 bridgehead atoms. The predicted octanol–water partition coefficient (Wildman–Crippen LogP) is 0.0584. The van der Waals surface area contributed by atoms with Crippen molar-refractivity contribution in [2.24, 2.45) is 5.84 Å². The van der Waals surface area contributed by atoms with Crippen LogP contribution in [0.1, 0.15) is 6.42 Å². The Balaban J connectivity index is 2.24. The van der Waals surface area contributed by atoms with Crippen LogP contribution >= 0.6 is 0 Å². The van der Waals surface area contributed by atoms with Crippen LogP contribution in [0.3, 0.4) is 0 Å². The third-order valence-electron chi connectivity index (χ3n) is 2.72. The summed E-state index contributed by atoms with van der Waals surface area (Å²) in [5, 5.41) is 2.60. The van der Waals surface area contributed by atoms with E-state index in [0.29, 0.717) is 18.7 Å². The molecule has 16 heavy (non-hydrogen) atoms. The Morgan fingerprint density at radius 2 is 2.00 bits per heavy atom. The molecule has 0 saturated carbocycles. The summed E-state index contributed by atoms with van der Waals surface area (Å²) >= 11 is 0. The van der Waals surface area contributed by atoms with Crippen LogP contribution in [0.5, 0.6) is 0 Å². The molecule has 5 nitrogen and oxygen atoms in total. The Bertz CT molecular complexity index is 440. The van der Waals surface area contributed by atoms with Gasteiger partial charge in [0.05, 0.1) is 10.9 Å². The van der Waals surface area contributed by atoms with Gasteiger partial charge in [0.25, 0.3) is 10.0 Å². The lowest BCUT2D eigenvalue weighted by Crippen LogP contribution is -2.44. The summed E-state index contributed by atoms with van der Waals surface area (Å²) in [5.41, 5.74) is 0.495. The van der Waals surface area contributed by atoms with E-state index in [9.17, 15) is 8.42 Å². The zero-order chi connectivity index (χ0) is 11.6. The van der Waals surface area contributed by atoms with Crippen molar-refractivity contribution < 1.29 is 8.42 Å². The Morgan fingerprint density at radius 3 is 2.56 bits per heavy atom. The number of nitrogens with one attached hydrogen (secondary N) is 1. The van der Waals surface area contributed by atoms with E-state index in [1.165, 1.54) is 0 Å². The highest BCUT2D eigenvalue weighted by atomic mass is 32.2. The first-order chi connectivity index (χ1) is 7.62. The number of nitrogens with zero attached hydrogens (tertiary/aromatic N) is 1. The van der Waals surface area contributed by atoms with Gasteiger partial charge in [0.2, 0.25) is 0 Å². The van der Waals surface area contributed by atoms with Gasteiger partial charge in [-0.1, -0.05) is 18.2 Å². The Hall–Kier alpha value is -1.11. The van der Waals surface area contributed by atoms with Gasteiger partial charge in [0.15, 0.2) is 0 Å². The molecule has 3 N–H and O–H groups in total. The van der Waals surface area contributed by atoms with Gasteiger partial charge in [0.1, 0.15) is 0 Å². The van der Waals surface area contributed by atoms with Crippen molar-refractivity contribution in [2.75, 3.05) is 17.5 Å².